The normalized spacial score (nSPS) is 11.4. The minimum absolute atomic E-state index is 0.193. The zero-order valence-corrected chi connectivity index (χ0v) is 15.9. The lowest BCUT2D eigenvalue weighted by atomic mass is 10.1. The van der Waals surface area contributed by atoms with Crippen molar-refractivity contribution >= 4 is 23.4 Å². The van der Waals surface area contributed by atoms with E-state index in [-0.39, 0.29) is 11.4 Å². The number of anilines is 1. The van der Waals surface area contributed by atoms with Crippen molar-refractivity contribution in [3.05, 3.63) is 76.2 Å². The molecule has 0 spiro atoms. The van der Waals surface area contributed by atoms with Gasteiger partial charge in [-0.3, -0.25) is 9.36 Å². The molecule has 0 aliphatic carbocycles. The van der Waals surface area contributed by atoms with Crippen LogP contribution in [0.5, 0.6) is 0 Å². The van der Waals surface area contributed by atoms with Crippen LogP contribution in [0.25, 0.3) is 0 Å². The number of aryl methyl sites for hydroxylation is 1. The number of carbonyl (C=O) groups excluding carboxylic acids is 1. The van der Waals surface area contributed by atoms with Crippen LogP contribution >= 0.6 is 11.8 Å². The van der Waals surface area contributed by atoms with Crippen molar-refractivity contribution in [1.29, 1.82) is 0 Å². The average molecular weight is 422 g/mol. The summed E-state index contributed by atoms with van der Waals surface area (Å²) in [7, 11) is 0. The second-order valence-corrected chi connectivity index (χ2v) is 7.02. The highest BCUT2D eigenvalue weighted by Gasteiger charge is 2.33. The Hall–Kier alpha value is -3.01. The third-order valence-electron chi connectivity index (χ3n) is 4.03. The van der Waals surface area contributed by atoms with E-state index in [2.05, 4.69) is 15.5 Å². The molecule has 2 N–H and O–H groups in total. The smallest absolute Gasteiger partial charge is 0.325 e. The predicted molar refractivity (Wildman–Crippen MR) is 104 cm³/mol. The van der Waals surface area contributed by atoms with Crippen molar-refractivity contribution in [2.24, 2.45) is 0 Å². The predicted octanol–water partition coefficient (Wildman–Crippen LogP) is 3.56. The van der Waals surface area contributed by atoms with Crippen LogP contribution in [0, 0.1) is 0 Å². The summed E-state index contributed by atoms with van der Waals surface area (Å²) < 4.78 is 40.5. The molecule has 1 aromatic heterocycles. The Labute approximate surface area is 168 Å². The number of hydrogen-bond donors (Lipinski definition) is 2. The average Bonchev–Trinajstić information content (AvgIpc) is 3.05. The molecule has 0 aliphatic heterocycles. The van der Waals surface area contributed by atoms with Crippen LogP contribution in [-0.2, 0) is 23.9 Å². The number of halogens is 3. The third kappa shape index (κ3) is 5.50. The lowest BCUT2D eigenvalue weighted by Gasteiger charge is -2.13. The van der Waals surface area contributed by atoms with Crippen LogP contribution in [0.1, 0.15) is 11.1 Å². The number of aromatic nitrogens is 3. The number of benzene rings is 2. The Balaban J connectivity index is 1.62. The fraction of sp³-hybridized carbons (Fsp3) is 0.211. The van der Waals surface area contributed by atoms with Gasteiger partial charge in [-0.05, 0) is 24.1 Å². The monoisotopic (exact) mass is 422 g/mol. The van der Waals surface area contributed by atoms with Crippen LogP contribution < -0.4 is 11.0 Å². The molecule has 3 aromatic rings. The second-order valence-electron chi connectivity index (χ2n) is 6.08. The van der Waals surface area contributed by atoms with Crippen molar-refractivity contribution < 1.29 is 18.0 Å². The van der Waals surface area contributed by atoms with Crippen LogP contribution in [0.15, 0.2) is 64.5 Å². The second kappa shape index (κ2) is 8.99. The maximum absolute atomic E-state index is 13.0. The van der Waals surface area contributed by atoms with E-state index in [1.807, 2.05) is 30.3 Å². The summed E-state index contributed by atoms with van der Waals surface area (Å²) in [5, 5.41) is 8.79. The van der Waals surface area contributed by atoms with Gasteiger partial charge < -0.3 is 5.32 Å². The van der Waals surface area contributed by atoms with Gasteiger partial charge in [0, 0.05) is 6.54 Å². The molecule has 152 valence electrons. The molecule has 0 saturated carbocycles. The molecule has 1 heterocycles. The van der Waals surface area contributed by atoms with Gasteiger partial charge in [-0.2, -0.15) is 13.2 Å². The Morgan fingerprint density at radius 1 is 1.10 bits per heavy atom. The highest BCUT2D eigenvalue weighted by Crippen LogP contribution is 2.34. The van der Waals surface area contributed by atoms with Gasteiger partial charge in [-0.15, -0.1) is 5.10 Å². The number of H-pyrrole nitrogens is 1. The van der Waals surface area contributed by atoms with Crippen LogP contribution in [-0.4, -0.2) is 26.4 Å². The van der Waals surface area contributed by atoms with E-state index < -0.39 is 23.3 Å². The van der Waals surface area contributed by atoms with Gasteiger partial charge in [0.25, 0.3) is 0 Å². The number of amides is 1. The molecule has 2 aromatic carbocycles. The first-order chi connectivity index (χ1) is 13.8. The Morgan fingerprint density at radius 3 is 2.52 bits per heavy atom. The molecule has 10 heteroatoms. The van der Waals surface area contributed by atoms with Crippen molar-refractivity contribution in [3.8, 4) is 0 Å². The van der Waals surface area contributed by atoms with Gasteiger partial charge in [-0.1, -0.05) is 54.2 Å². The molecule has 0 radical (unpaired) electrons. The molecular weight excluding hydrogens is 405 g/mol. The molecule has 0 bridgehead atoms. The van der Waals surface area contributed by atoms with Crippen LogP contribution in [0.4, 0.5) is 18.9 Å². The minimum atomic E-state index is -4.57. The van der Waals surface area contributed by atoms with E-state index in [1.54, 1.807) is 0 Å². The molecular formula is C19H17F3N4O2S. The van der Waals surface area contributed by atoms with Gasteiger partial charge >= 0.3 is 11.9 Å². The van der Waals surface area contributed by atoms with E-state index >= 15 is 0 Å². The topological polar surface area (TPSA) is 79.8 Å². The van der Waals surface area contributed by atoms with E-state index in [0.29, 0.717) is 18.1 Å². The van der Waals surface area contributed by atoms with Gasteiger partial charge in [0.2, 0.25) is 5.91 Å². The molecule has 0 aliphatic rings. The van der Waals surface area contributed by atoms with E-state index in [4.69, 9.17) is 0 Å². The molecule has 3 rings (SSSR count). The molecule has 0 atom stereocenters. The fourth-order valence-electron chi connectivity index (χ4n) is 2.65. The Bertz CT molecular complexity index is 1030. The van der Waals surface area contributed by atoms with Crippen LogP contribution in [0.2, 0.25) is 0 Å². The Morgan fingerprint density at radius 2 is 1.79 bits per heavy atom. The molecule has 6 nitrogen and oxygen atoms in total. The van der Waals surface area contributed by atoms with Gasteiger partial charge in [0.15, 0.2) is 5.16 Å². The standard InChI is InChI=1S/C19H17F3N4O2S/c20-19(21,22)14-8-4-5-9-15(14)23-16(27)12-29-18-25-24-17(28)26(18)11-10-13-6-2-1-3-7-13/h1-9H,10-12H2,(H,23,27)(H,24,28). The molecule has 29 heavy (non-hydrogen) atoms. The maximum Gasteiger partial charge on any atom is 0.418 e. The summed E-state index contributed by atoms with van der Waals surface area (Å²) >= 11 is 0.971. The first-order valence-corrected chi connectivity index (χ1v) is 9.61. The van der Waals surface area contributed by atoms with E-state index in [1.165, 1.54) is 22.8 Å². The van der Waals surface area contributed by atoms with Gasteiger partial charge in [-0.25, -0.2) is 9.89 Å². The molecule has 0 fully saturated rings. The summed E-state index contributed by atoms with van der Waals surface area (Å²) in [6.07, 6.45) is -3.98. The van der Waals surface area contributed by atoms with Crippen molar-refractivity contribution in [3.63, 3.8) is 0 Å². The largest absolute Gasteiger partial charge is 0.418 e. The number of alkyl halides is 3. The van der Waals surface area contributed by atoms with Crippen molar-refractivity contribution in [1.82, 2.24) is 14.8 Å². The molecule has 0 saturated heterocycles. The van der Waals surface area contributed by atoms with E-state index in [0.717, 1.165) is 23.4 Å². The summed E-state index contributed by atoms with van der Waals surface area (Å²) in [5.41, 5.74) is -0.601. The quantitative estimate of drug-likeness (QED) is 0.571. The number of nitrogens with zero attached hydrogens (tertiary/aromatic N) is 2. The number of thioether (sulfide) groups is 1. The number of para-hydroxylation sites is 1. The zero-order valence-electron chi connectivity index (χ0n) is 15.1. The number of aromatic amines is 1. The van der Waals surface area contributed by atoms with Crippen molar-refractivity contribution in [2.45, 2.75) is 24.3 Å². The summed E-state index contributed by atoms with van der Waals surface area (Å²) in [6, 6.07) is 14.3. The summed E-state index contributed by atoms with van der Waals surface area (Å²) in [6.45, 7) is 0.361. The number of hydrogen-bond acceptors (Lipinski definition) is 4. The van der Waals surface area contributed by atoms with Crippen molar-refractivity contribution in [2.75, 3.05) is 11.1 Å². The lowest BCUT2D eigenvalue weighted by Crippen LogP contribution is -2.20. The number of nitrogens with one attached hydrogen (secondary N) is 2. The maximum atomic E-state index is 13.0. The summed E-state index contributed by atoms with van der Waals surface area (Å²) in [4.78, 5) is 24.1. The van der Waals surface area contributed by atoms with Gasteiger partial charge in [0.1, 0.15) is 0 Å². The van der Waals surface area contributed by atoms with E-state index in [9.17, 15) is 22.8 Å². The highest BCUT2D eigenvalue weighted by molar-refractivity contribution is 7.99. The highest BCUT2D eigenvalue weighted by atomic mass is 32.2. The lowest BCUT2D eigenvalue weighted by molar-refractivity contribution is -0.137. The molecule has 0 unspecified atom stereocenters. The zero-order chi connectivity index (χ0) is 20.9. The minimum Gasteiger partial charge on any atom is -0.325 e. The number of rotatable bonds is 7. The van der Waals surface area contributed by atoms with Crippen LogP contribution in [0.3, 0.4) is 0 Å². The first-order valence-electron chi connectivity index (χ1n) is 8.62. The first kappa shape index (κ1) is 20.7. The fourth-order valence-corrected chi connectivity index (χ4v) is 3.42. The summed E-state index contributed by atoms with van der Waals surface area (Å²) in [5.74, 6) is -0.821. The SMILES string of the molecule is O=C(CSc1n[nH]c(=O)n1CCc1ccccc1)Nc1ccccc1C(F)(F)F. The van der Waals surface area contributed by atoms with Gasteiger partial charge in [0.05, 0.1) is 17.0 Å². The third-order valence-corrected chi connectivity index (χ3v) is 5.01. The molecule has 1 amide bonds. The Kier molecular flexibility index (Phi) is 6.42. The number of carbonyl (C=O) groups is 1.